The van der Waals surface area contributed by atoms with Gasteiger partial charge < -0.3 is 15.5 Å². The van der Waals surface area contributed by atoms with Crippen molar-refractivity contribution >= 4 is 11.9 Å². The summed E-state index contributed by atoms with van der Waals surface area (Å²) in [7, 11) is 1.86. The van der Waals surface area contributed by atoms with Crippen LogP contribution in [-0.2, 0) is 0 Å². The minimum atomic E-state index is 0.760. The van der Waals surface area contributed by atoms with Crippen LogP contribution < -0.4 is 15.5 Å². The molecule has 2 atom stereocenters. The summed E-state index contributed by atoms with van der Waals surface area (Å²) >= 11 is 0. The fraction of sp³-hybridized carbons (Fsp3) is 0.333. The lowest BCUT2D eigenvalue weighted by Gasteiger charge is -2.17. The molecule has 3 heterocycles. The number of nitrogens with one attached hydrogen (secondary N) is 2. The van der Waals surface area contributed by atoms with Crippen LogP contribution in [0.5, 0.6) is 0 Å². The molecule has 2 aromatic rings. The molecule has 2 unspecified atom stereocenters. The molecule has 134 valence electrons. The van der Waals surface area contributed by atoms with Crippen molar-refractivity contribution in [3.8, 4) is 11.3 Å². The third-order valence-corrected chi connectivity index (χ3v) is 5.37. The Morgan fingerprint density at radius 3 is 2.46 bits per heavy atom. The zero-order valence-electron chi connectivity index (χ0n) is 15.2. The number of fused-ring (bicyclic) bond motifs is 1. The molecule has 5 nitrogen and oxygen atoms in total. The third-order valence-electron chi connectivity index (χ3n) is 5.37. The first-order valence-electron chi connectivity index (χ1n) is 9.17. The molecule has 1 aromatic heterocycles. The van der Waals surface area contributed by atoms with Crippen molar-refractivity contribution in [2.24, 2.45) is 11.8 Å². The first kappa shape index (κ1) is 16.8. The predicted molar refractivity (Wildman–Crippen MR) is 107 cm³/mol. The SMILES string of the molecule is C=C(/C=C/c1ccc(-c2ccc(N3CC4CNCC4C3)nn2)cc1)NC. The van der Waals surface area contributed by atoms with Crippen molar-refractivity contribution in [2.75, 3.05) is 38.1 Å². The van der Waals surface area contributed by atoms with Crippen molar-refractivity contribution < 1.29 is 0 Å². The maximum absolute atomic E-state index is 4.48. The maximum Gasteiger partial charge on any atom is 0.151 e. The molecule has 0 bridgehead atoms. The van der Waals surface area contributed by atoms with E-state index in [9.17, 15) is 0 Å². The molecule has 2 aliphatic heterocycles. The van der Waals surface area contributed by atoms with Gasteiger partial charge in [0.15, 0.2) is 5.82 Å². The van der Waals surface area contributed by atoms with Crippen LogP contribution in [0, 0.1) is 11.8 Å². The topological polar surface area (TPSA) is 53.1 Å². The molecule has 5 heteroatoms. The molecule has 0 saturated carbocycles. The van der Waals surface area contributed by atoms with Gasteiger partial charge in [0.05, 0.1) is 5.69 Å². The highest BCUT2D eigenvalue weighted by atomic mass is 15.3. The lowest BCUT2D eigenvalue weighted by molar-refractivity contribution is 0.533. The minimum Gasteiger partial charge on any atom is -0.389 e. The summed E-state index contributed by atoms with van der Waals surface area (Å²) in [5.74, 6) is 2.51. The molecule has 2 fully saturated rings. The van der Waals surface area contributed by atoms with Crippen molar-refractivity contribution in [3.63, 3.8) is 0 Å². The number of rotatable bonds is 5. The molecule has 0 amide bonds. The number of aromatic nitrogens is 2. The van der Waals surface area contributed by atoms with E-state index in [1.54, 1.807) is 0 Å². The zero-order chi connectivity index (χ0) is 17.9. The Balaban J connectivity index is 1.43. The Labute approximate surface area is 154 Å². The number of nitrogens with zero attached hydrogens (tertiary/aromatic N) is 3. The third kappa shape index (κ3) is 3.48. The van der Waals surface area contributed by atoms with Gasteiger partial charge in [-0.05, 0) is 35.6 Å². The number of anilines is 1. The summed E-state index contributed by atoms with van der Waals surface area (Å²) in [4.78, 5) is 2.37. The molecule has 26 heavy (non-hydrogen) atoms. The minimum absolute atomic E-state index is 0.760. The number of allylic oxidation sites excluding steroid dienone is 1. The Morgan fingerprint density at radius 1 is 1.12 bits per heavy atom. The lowest BCUT2D eigenvalue weighted by atomic mass is 10.0. The first-order chi connectivity index (χ1) is 12.7. The summed E-state index contributed by atoms with van der Waals surface area (Å²) < 4.78 is 0. The molecule has 2 saturated heterocycles. The maximum atomic E-state index is 4.48. The van der Waals surface area contributed by atoms with Gasteiger partial charge in [0.25, 0.3) is 0 Å². The van der Waals surface area contributed by atoms with Gasteiger partial charge in [0.1, 0.15) is 0 Å². The van der Waals surface area contributed by atoms with Crippen molar-refractivity contribution in [1.82, 2.24) is 20.8 Å². The summed E-state index contributed by atoms with van der Waals surface area (Å²) in [5.41, 5.74) is 4.01. The van der Waals surface area contributed by atoms with Gasteiger partial charge in [-0.1, -0.05) is 36.9 Å². The number of benzene rings is 1. The Bertz CT molecular complexity index is 782. The summed E-state index contributed by atoms with van der Waals surface area (Å²) in [6.45, 7) is 8.33. The van der Waals surface area contributed by atoms with E-state index in [4.69, 9.17) is 0 Å². The van der Waals surface area contributed by atoms with Crippen molar-refractivity contribution in [1.29, 1.82) is 0 Å². The highest BCUT2D eigenvalue weighted by Gasteiger charge is 2.36. The van der Waals surface area contributed by atoms with Gasteiger partial charge in [0.2, 0.25) is 0 Å². The van der Waals surface area contributed by atoms with Crippen LogP contribution in [0.25, 0.3) is 17.3 Å². The van der Waals surface area contributed by atoms with Crippen LogP contribution in [0.4, 0.5) is 5.82 Å². The zero-order valence-corrected chi connectivity index (χ0v) is 15.2. The van der Waals surface area contributed by atoms with Crippen LogP contribution in [0.1, 0.15) is 5.56 Å². The monoisotopic (exact) mass is 347 g/mol. The average molecular weight is 347 g/mol. The van der Waals surface area contributed by atoms with Crippen LogP contribution in [-0.4, -0.2) is 43.4 Å². The Morgan fingerprint density at radius 2 is 1.85 bits per heavy atom. The second-order valence-corrected chi connectivity index (χ2v) is 7.09. The highest BCUT2D eigenvalue weighted by Crippen LogP contribution is 2.29. The fourth-order valence-electron chi connectivity index (χ4n) is 3.74. The van der Waals surface area contributed by atoms with E-state index in [2.05, 4.69) is 68.7 Å². The number of hydrogen-bond donors (Lipinski definition) is 2. The van der Waals surface area contributed by atoms with Gasteiger partial charge in [-0.15, -0.1) is 10.2 Å². The second-order valence-electron chi connectivity index (χ2n) is 7.09. The molecule has 2 aliphatic rings. The summed E-state index contributed by atoms with van der Waals surface area (Å²) in [6, 6.07) is 12.5. The van der Waals surface area contributed by atoms with Crippen LogP contribution in [0.3, 0.4) is 0 Å². The van der Waals surface area contributed by atoms with Crippen LogP contribution in [0.2, 0.25) is 0 Å². The van der Waals surface area contributed by atoms with E-state index in [1.807, 2.05) is 19.2 Å². The van der Waals surface area contributed by atoms with E-state index in [0.717, 1.165) is 66.4 Å². The smallest absolute Gasteiger partial charge is 0.151 e. The summed E-state index contributed by atoms with van der Waals surface area (Å²) in [6.07, 6.45) is 4.00. The van der Waals surface area contributed by atoms with Crippen LogP contribution >= 0.6 is 0 Å². The fourth-order valence-corrected chi connectivity index (χ4v) is 3.74. The van der Waals surface area contributed by atoms with Crippen LogP contribution in [0.15, 0.2) is 54.8 Å². The highest BCUT2D eigenvalue weighted by molar-refractivity contribution is 5.63. The van der Waals surface area contributed by atoms with Gasteiger partial charge in [-0.25, -0.2) is 0 Å². The van der Waals surface area contributed by atoms with E-state index in [1.165, 1.54) is 0 Å². The number of likely N-dealkylation sites (N-methyl/N-ethyl adjacent to an activating group) is 1. The Hall–Kier alpha value is -2.66. The molecule has 1 aromatic carbocycles. The Kier molecular flexibility index (Phi) is 4.71. The van der Waals surface area contributed by atoms with Gasteiger partial charge in [0, 0.05) is 44.5 Å². The van der Waals surface area contributed by atoms with E-state index < -0.39 is 0 Å². The number of hydrogen-bond acceptors (Lipinski definition) is 5. The molecular formula is C21H25N5. The quantitative estimate of drug-likeness (QED) is 0.814. The van der Waals surface area contributed by atoms with E-state index >= 15 is 0 Å². The standard InChI is InChI=1S/C21H25N5/c1-15(22-2)3-4-16-5-7-17(8-6-16)20-9-10-21(25-24-20)26-13-18-11-23-12-19(18)14-26/h3-10,18-19,22-23H,1,11-14H2,2H3/b4-3+. The lowest BCUT2D eigenvalue weighted by Crippen LogP contribution is -2.26. The largest absolute Gasteiger partial charge is 0.389 e. The molecule has 0 aliphatic carbocycles. The van der Waals surface area contributed by atoms with E-state index in [-0.39, 0.29) is 0 Å². The molecule has 4 rings (SSSR count). The second kappa shape index (κ2) is 7.30. The van der Waals surface area contributed by atoms with E-state index in [0.29, 0.717) is 0 Å². The summed E-state index contributed by atoms with van der Waals surface area (Å²) in [5, 5.41) is 15.4. The van der Waals surface area contributed by atoms with Crippen molar-refractivity contribution in [3.05, 3.63) is 60.3 Å². The molecule has 0 radical (unpaired) electrons. The first-order valence-corrected chi connectivity index (χ1v) is 9.17. The van der Waals surface area contributed by atoms with Gasteiger partial charge >= 0.3 is 0 Å². The average Bonchev–Trinajstić information content (AvgIpc) is 3.29. The van der Waals surface area contributed by atoms with Gasteiger partial charge in [-0.2, -0.15) is 0 Å². The normalized spacial score (nSPS) is 22.0. The molecule has 2 N–H and O–H groups in total. The predicted octanol–water partition coefficient (Wildman–Crippen LogP) is 2.55. The van der Waals surface area contributed by atoms with Gasteiger partial charge in [-0.3, -0.25) is 0 Å². The molecule has 0 spiro atoms. The molecular weight excluding hydrogens is 322 g/mol. The van der Waals surface area contributed by atoms with Crippen molar-refractivity contribution in [2.45, 2.75) is 0 Å².